The Kier molecular flexibility index (Phi) is 6.03. The third kappa shape index (κ3) is 3.96. The second-order valence-electron chi connectivity index (χ2n) is 6.20. The Morgan fingerprint density at radius 2 is 1.81 bits per heavy atom. The summed E-state index contributed by atoms with van der Waals surface area (Å²) in [5.74, 6) is 0.499. The molecule has 2 heterocycles. The van der Waals surface area contributed by atoms with E-state index in [1.165, 1.54) is 0 Å². The maximum absolute atomic E-state index is 12.7. The third-order valence-corrected chi connectivity index (χ3v) is 4.87. The molecule has 2 amide bonds. The van der Waals surface area contributed by atoms with Crippen LogP contribution in [0.3, 0.4) is 0 Å². The Morgan fingerprint density at radius 1 is 1.10 bits per heavy atom. The van der Waals surface area contributed by atoms with E-state index in [-0.39, 0.29) is 30.4 Å². The van der Waals surface area contributed by atoms with Crippen molar-refractivity contribution in [2.45, 2.75) is 57.9 Å². The van der Waals surface area contributed by atoms with Gasteiger partial charge >= 0.3 is 0 Å². The first-order valence-electron chi connectivity index (χ1n) is 8.36. The highest BCUT2D eigenvalue weighted by Crippen LogP contribution is 2.26. The van der Waals surface area contributed by atoms with Crippen LogP contribution >= 0.6 is 0 Å². The average Bonchev–Trinajstić information content (AvgIpc) is 2.54. The maximum Gasteiger partial charge on any atom is 0.226 e. The molecule has 0 aliphatic carbocycles. The summed E-state index contributed by atoms with van der Waals surface area (Å²) in [6.07, 6.45) is 6.04. The first-order chi connectivity index (χ1) is 10.2. The predicted octanol–water partition coefficient (Wildman–Crippen LogP) is 1.40. The van der Waals surface area contributed by atoms with Gasteiger partial charge in [-0.1, -0.05) is 6.92 Å². The van der Waals surface area contributed by atoms with Gasteiger partial charge in [0.15, 0.2) is 0 Å². The summed E-state index contributed by atoms with van der Waals surface area (Å²) in [5, 5.41) is 9.17. The van der Waals surface area contributed by atoms with Crippen molar-refractivity contribution in [2.75, 3.05) is 26.2 Å². The molecule has 2 saturated heterocycles. The van der Waals surface area contributed by atoms with Crippen molar-refractivity contribution < 1.29 is 14.7 Å². The van der Waals surface area contributed by atoms with Crippen molar-refractivity contribution in [1.82, 2.24) is 9.80 Å². The van der Waals surface area contributed by atoms with Gasteiger partial charge in [-0.2, -0.15) is 0 Å². The normalized spacial score (nSPS) is 24.2. The van der Waals surface area contributed by atoms with Crippen molar-refractivity contribution in [3.63, 3.8) is 0 Å². The summed E-state index contributed by atoms with van der Waals surface area (Å²) < 4.78 is 0. The van der Waals surface area contributed by atoms with Crippen LogP contribution < -0.4 is 0 Å². The van der Waals surface area contributed by atoms with Crippen LogP contribution in [0.2, 0.25) is 0 Å². The quantitative estimate of drug-likeness (QED) is 0.853. The maximum atomic E-state index is 12.7. The van der Waals surface area contributed by atoms with Crippen molar-refractivity contribution in [1.29, 1.82) is 0 Å². The number of likely N-dealkylation sites (tertiary alicyclic amines) is 2. The molecule has 2 rings (SSSR count). The number of carbonyl (C=O) groups is 2. The first-order valence-corrected chi connectivity index (χ1v) is 8.36. The highest BCUT2D eigenvalue weighted by Gasteiger charge is 2.33. The first kappa shape index (κ1) is 16.3. The molecule has 1 atom stereocenters. The SMILES string of the molecule is CCC(=O)N1CCC(C(=O)N2CCCCC2CCO)CC1. The fraction of sp³-hybridized carbons (Fsp3) is 0.875. The van der Waals surface area contributed by atoms with Crippen molar-refractivity contribution in [3.8, 4) is 0 Å². The second-order valence-corrected chi connectivity index (χ2v) is 6.20. The van der Waals surface area contributed by atoms with Crippen LogP contribution in [0.15, 0.2) is 0 Å². The lowest BCUT2D eigenvalue weighted by atomic mass is 9.91. The molecule has 2 aliphatic rings. The zero-order valence-electron chi connectivity index (χ0n) is 13.1. The number of hydrogen-bond acceptors (Lipinski definition) is 3. The molecule has 0 aromatic carbocycles. The van der Waals surface area contributed by atoms with Crippen LogP contribution in [-0.2, 0) is 9.59 Å². The monoisotopic (exact) mass is 296 g/mol. The van der Waals surface area contributed by atoms with Crippen LogP contribution in [0.25, 0.3) is 0 Å². The number of carbonyl (C=O) groups excluding carboxylic acids is 2. The fourth-order valence-corrected chi connectivity index (χ4v) is 3.57. The van der Waals surface area contributed by atoms with Crippen molar-refractivity contribution in [2.24, 2.45) is 5.92 Å². The number of nitrogens with zero attached hydrogens (tertiary/aromatic N) is 2. The zero-order chi connectivity index (χ0) is 15.2. The minimum atomic E-state index is 0.0604. The Morgan fingerprint density at radius 3 is 2.43 bits per heavy atom. The van der Waals surface area contributed by atoms with Crippen LogP contribution in [-0.4, -0.2) is 59.0 Å². The van der Waals surface area contributed by atoms with E-state index in [0.717, 1.165) is 38.6 Å². The highest BCUT2D eigenvalue weighted by molar-refractivity contribution is 5.80. The van der Waals surface area contributed by atoms with E-state index in [4.69, 9.17) is 5.11 Å². The molecule has 1 unspecified atom stereocenters. The molecule has 1 N–H and O–H groups in total. The summed E-state index contributed by atoms with van der Waals surface area (Å²) in [4.78, 5) is 28.3. The molecular weight excluding hydrogens is 268 g/mol. The van der Waals surface area contributed by atoms with Crippen LogP contribution in [0.4, 0.5) is 0 Å². The second kappa shape index (κ2) is 7.78. The Labute approximate surface area is 127 Å². The number of piperidine rings is 2. The summed E-state index contributed by atoms with van der Waals surface area (Å²) >= 11 is 0. The third-order valence-electron chi connectivity index (χ3n) is 4.87. The van der Waals surface area contributed by atoms with Gasteiger partial charge in [-0.05, 0) is 38.5 Å². The molecule has 120 valence electrons. The van der Waals surface area contributed by atoms with Gasteiger partial charge in [-0.3, -0.25) is 9.59 Å². The minimum absolute atomic E-state index is 0.0604. The van der Waals surface area contributed by atoms with Crippen molar-refractivity contribution >= 4 is 11.8 Å². The standard InChI is InChI=1S/C16H28N2O3/c1-2-15(20)17-10-6-13(7-11-17)16(21)18-9-4-3-5-14(18)8-12-19/h13-14,19H,2-12H2,1H3. The molecule has 0 spiro atoms. The molecule has 5 heteroatoms. The summed E-state index contributed by atoms with van der Waals surface area (Å²) in [5.41, 5.74) is 0. The fourth-order valence-electron chi connectivity index (χ4n) is 3.57. The number of amides is 2. The van der Waals surface area contributed by atoms with Gasteiger partial charge in [0.25, 0.3) is 0 Å². The summed E-state index contributed by atoms with van der Waals surface area (Å²) in [7, 11) is 0. The van der Waals surface area contributed by atoms with Gasteiger partial charge in [0, 0.05) is 44.6 Å². The number of rotatable bonds is 4. The summed E-state index contributed by atoms with van der Waals surface area (Å²) in [6, 6.07) is 0.214. The molecule has 5 nitrogen and oxygen atoms in total. The highest BCUT2D eigenvalue weighted by atomic mass is 16.3. The van der Waals surface area contributed by atoms with E-state index in [9.17, 15) is 9.59 Å². The molecule has 0 bridgehead atoms. The van der Waals surface area contributed by atoms with Crippen LogP contribution in [0.5, 0.6) is 0 Å². The minimum Gasteiger partial charge on any atom is -0.396 e. The van der Waals surface area contributed by atoms with Crippen LogP contribution in [0, 0.1) is 5.92 Å². The van der Waals surface area contributed by atoms with Gasteiger partial charge < -0.3 is 14.9 Å². The number of aliphatic hydroxyl groups excluding tert-OH is 1. The lowest BCUT2D eigenvalue weighted by Gasteiger charge is -2.40. The molecule has 0 aromatic rings. The van der Waals surface area contributed by atoms with Gasteiger partial charge in [-0.15, -0.1) is 0 Å². The zero-order valence-corrected chi connectivity index (χ0v) is 13.1. The van der Waals surface area contributed by atoms with Gasteiger partial charge in [0.2, 0.25) is 11.8 Å². The molecule has 2 fully saturated rings. The topological polar surface area (TPSA) is 60.9 Å². The number of hydrogen-bond donors (Lipinski definition) is 1. The molecule has 0 saturated carbocycles. The van der Waals surface area contributed by atoms with E-state index < -0.39 is 0 Å². The van der Waals surface area contributed by atoms with E-state index in [0.29, 0.717) is 25.9 Å². The molecular formula is C16H28N2O3. The van der Waals surface area contributed by atoms with E-state index in [2.05, 4.69) is 0 Å². The van der Waals surface area contributed by atoms with E-state index >= 15 is 0 Å². The summed E-state index contributed by atoms with van der Waals surface area (Å²) in [6.45, 7) is 4.28. The van der Waals surface area contributed by atoms with Crippen LogP contribution in [0.1, 0.15) is 51.9 Å². The Hall–Kier alpha value is -1.10. The Balaban J connectivity index is 1.89. The lowest BCUT2D eigenvalue weighted by molar-refractivity contribution is -0.143. The lowest BCUT2D eigenvalue weighted by Crippen LogP contribution is -2.49. The van der Waals surface area contributed by atoms with Gasteiger partial charge in [-0.25, -0.2) is 0 Å². The molecule has 21 heavy (non-hydrogen) atoms. The van der Waals surface area contributed by atoms with E-state index in [1.807, 2.05) is 16.7 Å². The average molecular weight is 296 g/mol. The molecule has 0 radical (unpaired) electrons. The number of aliphatic hydroxyl groups is 1. The largest absolute Gasteiger partial charge is 0.396 e. The van der Waals surface area contributed by atoms with Crippen molar-refractivity contribution in [3.05, 3.63) is 0 Å². The smallest absolute Gasteiger partial charge is 0.226 e. The predicted molar refractivity (Wildman–Crippen MR) is 80.6 cm³/mol. The van der Waals surface area contributed by atoms with Gasteiger partial charge in [0.05, 0.1) is 0 Å². The van der Waals surface area contributed by atoms with Gasteiger partial charge in [0.1, 0.15) is 0 Å². The van der Waals surface area contributed by atoms with E-state index in [1.54, 1.807) is 0 Å². The molecule has 0 aromatic heterocycles. The Bertz CT molecular complexity index is 363. The molecule has 2 aliphatic heterocycles.